The molecule has 224 valence electrons. The minimum atomic E-state index is -0.884. The topological polar surface area (TPSA) is 95.0 Å². The summed E-state index contributed by atoms with van der Waals surface area (Å²) in [6.07, 6.45) is 4.01. The van der Waals surface area contributed by atoms with Crippen LogP contribution < -0.4 is 9.80 Å². The van der Waals surface area contributed by atoms with Crippen LogP contribution in [0.15, 0.2) is 78.4 Å². The largest absolute Gasteiger partial charge is 0.505 e. The lowest BCUT2D eigenvalue weighted by molar-refractivity contribution is -0.126. The van der Waals surface area contributed by atoms with Gasteiger partial charge in [0.05, 0.1) is 35.0 Å². The number of hydrogen-bond donors (Lipinski definition) is 1. The summed E-state index contributed by atoms with van der Waals surface area (Å²) < 4.78 is 14.8. The first-order valence-corrected chi connectivity index (χ1v) is 15.4. The Morgan fingerprint density at radius 2 is 1.25 bits per heavy atom. The summed E-state index contributed by atoms with van der Waals surface area (Å²) in [5, 5.41) is 10.9. The van der Waals surface area contributed by atoms with Crippen molar-refractivity contribution in [3.8, 4) is 5.75 Å². The summed E-state index contributed by atoms with van der Waals surface area (Å²) in [5.41, 5.74) is 4.04. The second kappa shape index (κ2) is 10.5. The average Bonchev–Trinajstić information content (AvgIpc) is 3.45. The molecule has 1 saturated carbocycles. The standard InChI is InChI=1S/C36H33FN2O5/c1-3-19-8-12-21(13-9-19)38-33(41)25-17-16-23-26(30(25)35(38)43)18-27-31(29(23)24-6-5-7-28(37)32(24)40)36(44)39(34(27)42)22-14-10-20(4-2)11-15-22/h5-16,25-27,29-31,40H,3-4,17-18H2,1-2H3. The fourth-order valence-electron chi connectivity index (χ4n) is 7.99. The van der Waals surface area contributed by atoms with Crippen LogP contribution in [-0.4, -0.2) is 28.7 Å². The molecular formula is C36H33FN2O5. The number of carbonyl (C=O) groups is 4. The number of anilines is 2. The van der Waals surface area contributed by atoms with E-state index >= 15 is 0 Å². The third-order valence-electron chi connectivity index (χ3n) is 10.2. The summed E-state index contributed by atoms with van der Waals surface area (Å²) in [7, 11) is 0. The highest BCUT2D eigenvalue weighted by Gasteiger charge is 2.62. The highest BCUT2D eigenvalue weighted by molar-refractivity contribution is 6.24. The molecule has 4 amide bonds. The fourth-order valence-corrected chi connectivity index (χ4v) is 7.99. The Bertz CT molecular complexity index is 1730. The Morgan fingerprint density at radius 3 is 1.82 bits per heavy atom. The summed E-state index contributed by atoms with van der Waals surface area (Å²) in [4.78, 5) is 58.5. The van der Waals surface area contributed by atoms with Crippen LogP contribution in [0.3, 0.4) is 0 Å². The molecule has 44 heavy (non-hydrogen) atoms. The molecule has 7 rings (SSSR count). The maximum absolute atomic E-state index is 14.8. The van der Waals surface area contributed by atoms with Gasteiger partial charge in [0, 0.05) is 11.5 Å². The van der Waals surface area contributed by atoms with Gasteiger partial charge in [0.1, 0.15) is 0 Å². The van der Waals surface area contributed by atoms with Crippen molar-refractivity contribution < 1.29 is 28.7 Å². The number of rotatable bonds is 5. The zero-order valence-electron chi connectivity index (χ0n) is 24.6. The Morgan fingerprint density at radius 1 is 0.705 bits per heavy atom. The van der Waals surface area contributed by atoms with E-state index in [1.165, 1.54) is 15.9 Å². The molecule has 1 N–H and O–H groups in total. The number of phenols is 1. The van der Waals surface area contributed by atoms with Gasteiger partial charge in [-0.05, 0) is 73.1 Å². The predicted molar refractivity (Wildman–Crippen MR) is 162 cm³/mol. The Labute approximate surface area is 255 Å². The first kappa shape index (κ1) is 28.2. The summed E-state index contributed by atoms with van der Waals surface area (Å²) in [6.45, 7) is 4.05. The summed E-state index contributed by atoms with van der Waals surface area (Å²) in [5.74, 6) is -7.17. The molecule has 0 bridgehead atoms. The number of aromatic hydroxyl groups is 1. The van der Waals surface area contributed by atoms with Crippen LogP contribution in [-0.2, 0) is 32.0 Å². The van der Waals surface area contributed by atoms with E-state index in [-0.39, 0.29) is 36.1 Å². The van der Waals surface area contributed by atoms with E-state index in [2.05, 4.69) is 0 Å². The highest BCUT2D eigenvalue weighted by Crippen LogP contribution is 2.59. The van der Waals surface area contributed by atoms with Crippen molar-refractivity contribution in [1.82, 2.24) is 0 Å². The van der Waals surface area contributed by atoms with Crippen molar-refractivity contribution >= 4 is 35.0 Å². The fraction of sp³-hybridized carbons (Fsp3) is 0.333. The number of carbonyl (C=O) groups excluding carboxylic acids is 4. The number of amides is 4. The monoisotopic (exact) mass is 592 g/mol. The molecular weight excluding hydrogens is 559 g/mol. The first-order valence-electron chi connectivity index (χ1n) is 15.4. The van der Waals surface area contributed by atoms with Gasteiger partial charge in [-0.3, -0.25) is 29.0 Å². The lowest BCUT2D eigenvalue weighted by atomic mass is 9.57. The van der Waals surface area contributed by atoms with E-state index in [4.69, 9.17) is 0 Å². The molecule has 6 atom stereocenters. The lowest BCUT2D eigenvalue weighted by Gasteiger charge is -2.44. The van der Waals surface area contributed by atoms with Crippen molar-refractivity contribution in [2.24, 2.45) is 29.6 Å². The second-order valence-corrected chi connectivity index (χ2v) is 12.3. The molecule has 8 heteroatoms. The van der Waals surface area contributed by atoms with Gasteiger partial charge < -0.3 is 5.11 Å². The quantitative estimate of drug-likeness (QED) is 0.303. The number of fused-ring (bicyclic) bond motifs is 4. The van der Waals surface area contributed by atoms with E-state index in [0.717, 1.165) is 30.0 Å². The minimum Gasteiger partial charge on any atom is -0.505 e. The zero-order chi connectivity index (χ0) is 30.9. The molecule has 2 heterocycles. The number of halogens is 1. The van der Waals surface area contributed by atoms with Crippen LogP contribution >= 0.6 is 0 Å². The van der Waals surface area contributed by atoms with E-state index in [0.29, 0.717) is 16.9 Å². The number of benzene rings is 3. The Balaban J connectivity index is 1.32. The number of nitrogens with zero attached hydrogens (tertiary/aromatic N) is 2. The molecule has 2 aliphatic carbocycles. The maximum atomic E-state index is 14.8. The van der Waals surface area contributed by atoms with Crippen molar-refractivity contribution in [3.05, 3.63) is 101 Å². The molecule has 0 radical (unpaired) electrons. The van der Waals surface area contributed by atoms with E-state index in [1.807, 2.05) is 44.2 Å². The van der Waals surface area contributed by atoms with E-state index in [9.17, 15) is 28.7 Å². The number of hydrogen-bond acceptors (Lipinski definition) is 5. The SMILES string of the molecule is CCc1ccc(N2C(=O)C3CC=C4C(CC5C(=O)N(c6ccc(CC)cc6)C(=O)C5C4c4cccc(F)c4O)C3C2=O)cc1. The Kier molecular flexibility index (Phi) is 6.76. The van der Waals surface area contributed by atoms with Gasteiger partial charge in [-0.25, -0.2) is 4.39 Å². The third kappa shape index (κ3) is 4.07. The number of allylic oxidation sites excluding steroid dienone is 2. The molecule has 3 aromatic rings. The van der Waals surface area contributed by atoms with Crippen molar-refractivity contribution in [2.45, 2.75) is 45.4 Å². The summed E-state index contributed by atoms with van der Waals surface area (Å²) >= 11 is 0. The van der Waals surface area contributed by atoms with Gasteiger partial charge in [-0.1, -0.05) is 61.9 Å². The van der Waals surface area contributed by atoms with Crippen LogP contribution in [0, 0.1) is 35.4 Å². The van der Waals surface area contributed by atoms with Crippen LogP contribution in [0.4, 0.5) is 15.8 Å². The van der Waals surface area contributed by atoms with Crippen LogP contribution in [0.5, 0.6) is 5.75 Å². The molecule has 7 nitrogen and oxygen atoms in total. The molecule has 0 aromatic heterocycles. The van der Waals surface area contributed by atoms with Crippen molar-refractivity contribution in [1.29, 1.82) is 0 Å². The molecule has 3 fully saturated rings. The number of phenolic OH excluding ortho intramolecular Hbond substituents is 1. The van der Waals surface area contributed by atoms with Gasteiger partial charge in [0.15, 0.2) is 11.6 Å². The zero-order valence-corrected chi connectivity index (χ0v) is 24.6. The molecule has 0 spiro atoms. The molecule has 2 aliphatic heterocycles. The van der Waals surface area contributed by atoms with Crippen LogP contribution in [0.2, 0.25) is 0 Å². The number of para-hydroxylation sites is 1. The van der Waals surface area contributed by atoms with Gasteiger partial charge >= 0.3 is 0 Å². The van der Waals surface area contributed by atoms with Gasteiger partial charge in [0.25, 0.3) is 0 Å². The van der Waals surface area contributed by atoms with E-state index < -0.39 is 53.0 Å². The number of aryl methyl sites for hydroxylation is 2. The third-order valence-corrected chi connectivity index (χ3v) is 10.2. The van der Waals surface area contributed by atoms with Gasteiger partial charge in [-0.15, -0.1) is 0 Å². The number of imide groups is 2. The van der Waals surface area contributed by atoms with Crippen molar-refractivity contribution in [3.63, 3.8) is 0 Å². The molecule has 6 unspecified atom stereocenters. The predicted octanol–water partition coefficient (Wildman–Crippen LogP) is 5.70. The average molecular weight is 593 g/mol. The molecule has 2 saturated heterocycles. The lowest BCUT2D eigenvalue weighted by Crippen LogP contribution is -2.43. The second-order valence-electron chi connectivity index (χ2n) is 12.3. The smallest absolute Gasteiger partial charge is 0.238 e. The van der Waals surface area contributed by atoms with Gasteiger partial charge in [-0.2, -0.15) is 0 Å². The maximum Gasteiger partial charge on any atom is 0.238 e. The molecule has 3 aromatic carbocycles. The summed E-state index contributed by atoms with van der Waals surface area (Å²) in [6, 6.07) is 18.8. The Hall–Kier alpha value is -4.59. The van der Waals surface area contributed by atoms with Gasteiger partial charge in [0.2, 0.25) is 23.6 Å². The van der Waals surface area contributed by atoms with Crippen molar-refractivity contribution in [2.75, 3.05) is 9.80 Å². The molecule has 4 aliphatic rings. The van der Waals surface area contributed by atoms with E-state index in [1.54, 1.807) is 30.3 Å². The van der Waals surface area contributed by atoms with Crippen LogP contribution in [0.25, 0.3) is 0 Å². The first-order chi connectivity index (χ1) is 21.2. The highest BCUT2D eigenvalue weighted by atomic mass is 19.1. The minimum absolute atomic E-state index is 0.208. The van der Waals surface area contributed by atoms with Crippen LogP contribution in [0.1, 0.15) is 49.3 Å². The normalized spacial score (nSPS) is 27.8.